The Bertz CT molecular complexity index is 543. The highest BCUT2D eigenvalue weighted by atomic mass is 16.5. The van der Waals surface area contributed by atoms with E-state index in [1.54, 1.807) is 46.6 Å². The zero-order valence-electron chi connectivity index (χ0n) is 17.8. The van der Waals surface area contributed by atoms with E-state index in [4.69, 9.17) is 4.74 Å². The molecule has 6 nitrogen and oxygen atoms in total. The van der Waals surface area contributed by atoms with E-state index in [-0.39, 0.29) is 24.4 Å². The van der Waals surface area contributed by atoms with Crippen molar-refractivity contribution in [3.05, 3.63) is 0 Å². The summed E-state index contributed by atoms with van der Waals surface area (Å²) >= 11 is 0. The molecule has 0 unspecified atom stereocenters. The van der Waals surface area contributed by atoms with Gasteiger partial charge in [-0.1, -0.05) is 13.8 Å². The van der Waals surface area contributed by atoms with E-state index in [0.29, 0.717) is 13.0 Å². The third kappa shape index (κ3) is 5.71. The first-order valence-electron chi connectivity index (χ1n) is 9.41. The Hall–Kier alpha value is -1.59. The molecule has 2 amide bonds. The number of ether oxygens (including phenoxy) is 1. The molecule has 0 aromatic heterocycles. The minimum atomic E-state index is -0.804. The average molecular weight is 369 g/mol. The SMILES string of the molecule is CN(CCC(C)(C)C(=O)N1CCC1)C(=O)C(C)(C)COC(=O)C(C)(C)C. The van der Waals surface area contributed by atoms with Crippen molar-refractivity contribution in [2.45, 2.75) is 61.3 Å². The lowest BCUT2D eigenvalue weighted by atomic mass is 9.85. The zero-order valence-corrected chi connectivity index (χ0v) is 17.8. The van der Waals surface area contributed by atoms with Crippen LogP contribution in [0, 0.1) is 16.2 Å². The highest BCUT2D eigenvalue weighted by Gasteiger charge is 2.37. The Balaban J connectivity index is 2.56. The number of rotatable bonds is 7. The van der Waals surface area contributed by atoms with Gasteiger partial charge in [0.2, 0.25) is 11.8 Å². The molecule has 1 heterocycles. The third-order valence-corrected chi connectivity index (χ3v) is 4.90. The first kappa shape index (κ1) is 22.5. The van der Waals surface area contributed by atoms with Crippen molar-refractivity contribution in [1.82, 2.24) is 9.80 Å². The smallest absolute Gasteiger partial charge is 0.311 e. The maximum atomic E-state index is 12.8. The van der Waals surface area contributed by atoms with Gasteiger partial charge in [-0.3, -0.25) is 14.4 Å². The Morgan fingerprint density at radius 2 is 1.50 bits per heavy atom. The predicted molar refractivity (Wildman–Crippen MR) is 101 cm³/mol. The summed E-state index contributed by atoms with van der Waals surface area (Å²) in [6.45, 7) is 15.0. The molecule has 1 aliphatic heterocycles. The monoisotopic (exact) mass is 368 g/mol. The van der Waals surface area contributed by atoms with Crippen LogP contribution in [0.2, 0.25) is 0 Å². The first-order chi connectivity index (χ1) is 11.7. The standard InChI is InChI=1S/C20H36N2O4/c1-18(2,3)17(25)26-14-20(6,7)15(23)21(8)13-10-19(4,5)16(24)22-11-9-12-22/h9-14H2,1-8H3. The van der Waals surface area contributed by atoms with Crippen LogP contribution in [0.4, 0.5) is 0 Å². The van der Waals surface area contributed by atoms with Gasteiger partial charge in [0, 0.05) is 32.1 Å². The minimum absolute atomic E-state index is 0.0440. The van der Waals surface area contributed by atoms with Crippen LogP contribution in [0.5, 0.6) is 0 Å². The summed E-state index contributed by atoms with van der Waals surface area (Å²) in [5.41, 5.74) is -1.88. The van der Waals surface area contributed by atoms with Gasteiger partial charge in [-0.05, 0) is 47.5 Å². The van der Waals surface area contributed by atoms with Crippen LogP contribution in [-0.4, -0.2) is 60.9 Å². The predicted octanol–water partition coefficient (Wildman–Crippen LogP) is 2.71. The summed E-state index contributed by atoms with van der Waals surface area (Å²) in [4.78, 5) is 40.7. The van der Waals surface area contributed by atoms with E-state index < -0.39 is 16.2 Å². The number of esters is 1. The number of hydrogen-bond donors (Lipinski definition) is 0. The highest BCUT2D eigenvalue weighted by molar-refractivity contribution is 5.84. The molecule has 0 spiro atoms. The van der Waals surface area contributed by atoms with E-state index in [1.165, 1.54) is 0 Å². The van der Waals surface area contributed by atoms with Crippen LogP contribution >= 0.6 is 0 Å². The fourth-order valence-electron chi connectivity index (χ4n) is 2.64. The van der Waals surface area contributed by atoms with Gasteiger partial charge >= 0.3 is 5.97 Å². The molecule has 1 saturated heterocycles. The number of hydrogen-bond acceptors (Lipinski definition) is 4. The van der Waals surface area contributed by atoms with Crippen molar-refractivity contribution in [2.75, 3.05) is 33.3 Å². The Labute approximate surface area is 158 Å². The molecule has 0 radical (unpaired) electrons. The second kappa shape index (κ2) is 7.97. The van der Waals surface area contributed by atoms with Gasteiger partial charge in [0.25, 0.3) is 0 Å². The fraction of sp³-hybridized carbons (Fsp3) is 0.850. The molecule has 0 aromatic rings. The largest absolute Gasteiger partial charge is 0.464 e. The molecule has 0 atom stereocenters. The second-order valence-corrected chi connectivity index (χ2v) is 9.72. The van der Waals surface area contributed by atoms with Crippen LogP contribution in [0.3, 0.4) is 0 Å². The van der Waals surface area contributed by atoms with Gasteiger partial charge in [-0.2, -0.15) is 0 Å². The van der Waals surface area contributed by atoms with Gasteiger partial charge in [0.15, 0.2) is 0 Å². The van der Waals surface area contributed by atoms with Crippen LogP contribution < -0.4 is 0 Å². The molecule has 0 saturated carbocycles. The van der Waals surface area contributed by atoms with Crippen molar-refractivity contribution >= 4 is 17.8 Å². The van der Waals surface area contributed by atoms with Crippen molar-refractivity contribution in [3.63, 3.8) is 0 Å². The number of likely N-dealkylation sites (tertiary alicyclic amines) is 1. The lowest BCUT2D eigenvalue weighted by Gasteiger charge is -2.38. The molecule has 6 heteroatoms. The van der Waals surface area contributed by atoms with Gasteiger partial charge in [0.05, 0.1) is 10.8 Å². The van der Waals surface area contributed by atoms with Crippen molar-refractivity contribution in [2.24, 2.45) is 16.2 Å². The molecule has 1 rings (SSSR count). The van der Waals surface area contributed by atoms with E-state index in [2.05, 4.69) is 0 Å². The Morgan fingerprint density at radius 1 is 0.962 bits per heavy atom. The zero-order chi connectivity index (χ0) is 20.3. The van der Waals surface area contributed by atoms with Crippen LogP contribution in [-0.2, 0) is 19.1 Å². The molecule has 0 aromatic carbocycles. The maximum absolute atomic E-state index is 12.8. The molecule has 150 valence electrons. The summed E-state index contributed by atoms with van der Waals surface area (Å²) in [6.07, 6.45) is 1.67. The van der Waals surface area contributed by atoms with Gasteiger partial charge in [-0.15, -0.1) is 0 Å². The van der Waals surface area contributed by atoms with E-state index in [0.717, 1.165) is 19.5 Å². The molecule has 1 aliphatic rings. The topological polar surface area (TPSA) is 66.9 Å². The van der Waals surface area contributed by atoms with Gasteiger partial charge in [-0.25, -0.2) is 0 Å². The lowest BCUT2D eigenvalue weighted by Crippen LogP contribution is -2.49. The van der Waals surface area contributed by atoms with Gasteiger partial charge in [0.1, 0.15) is 6.61 Å². The summed E-state index contributed by atoms with van der Waals surface area (Å²) in [7, 11) is 1.74. The third-order valence-electron chi connectivity index (χ3n) is 4.90. The number of carbonyl (C=O) groups excluding carboxylic acids is 3. The number of nitrogens with zero attached hydrogens (tertiary/aromatic N) is 2. The van der Waals surface area contributed by atoms with E-state index in [1.807, 2.05) is 18.7 Å². The van der Waals surface area contributed by atoms with Crippen molar-refractivity contribution in [3.8, 4) is 0 Å². The average Bonchev–Trinajstić information content (AvgIpc) is 2.46. The van der Waals surface area contributed by atoms with E-state index >= 15 is 0 Å². The highest BCUT2D eigenvalue weighted by Crippen LogP contribution is 2.28. The lowest BCUT2D eigenvalue weighted by molar-refractivity contribution is -0.160. The van der Waals surface area contributed by atoms with Crippen LogP contribution in [0.1, 0.15) is 61.3 Å². The molecule has 1 fully saturated rings. The molecule has 0 bridgehead atoms. The fourth-order valence-corrected chi connectivity index (χ4v) is 2.64. The molecular weight excluding hydrogens is 332 g/mol. The molecule has 26 heavy (non-hydrogen) atoms. The normalized spacial score (nSPS) is 15.3. The van der Waals surface area contributed by atoms with Gasteiger partial charge < -0.3 is 14.5 Å². The van der Waals surface area contributed by atoms with E-state index in [9.17, 15) is 14.4 Å². The first-order valence-corrected chi connectivity index (χ1v) is 9.41. The van der Waals surface area contributed by atoms with Crippen molar-refractivity contribution < 1.29 is 19.1 Å². The second-order valence-electron chi connectivity index (χ2n) is 9.72. The Morgan fingerprint density at radius 3 is 1.92 bits per heavy atom. The summed E-state index contributed by atoms with van der Waals surface area (Å²) in [5.74, 6) is -0.253. The molecule has 0 aliphatic carbocycles. The number of amides is 2. The molecule has 0 N–H and O–H groups in total. The van der Waals surface area contributed by atoms with Crippen LogP contribution in [0.25, 0.3) is 0 Å². The summed E-state index contributed by atoms with van der Waals surface area (Å²) in [6, 6.07) is 0. The van der Waals surface area contributed by atoms with Crippen LogP contribution in [0.15, 0.2) is 0 Å². The summed E-state index contributed by atoms with van der Waals surface area (Å²) in [5, 5.41) is 0. The Kier molecular flexibility index (Phi) is 6.88. The minimum Gasteiger partial charge on any atom is -0.464 e. The number of carbonyl (C=O) groups is 3. The maximum Gasteiger partial charge on any atom is 0.311 e. The molecular formula is C20H36N2O4. The van der Waals surface area contributed by atoms with Crippen molar-refractivity contribution in [1.29, 1.82) is 0 Å². The summed E-state index contributed by atoms with van der Waals surface area (Å²) < 4.78 is 5.33. The quantitative estimate of drug-likeness (QED) is 0.648.